The molecular weight excluding hydrogens is 459 g/mol. The molecule has 0 fully saturated rings. The molecule has 0 bridgehead atoms. The van der Waals surface area contributed by atoms with Crippen molar-refractivity contribution in [3.05, 3.63) is 46.8 Å². The third kappa shape index (κ3) is 7.21. The van der Waals surface area contributed by atoms with E-state index in [0.717, 1.165) is 19.0 Å². The van der Waals surface area contributed by atoms with Gasteiger partial charge in [0.1, 0.15) is 5.75 Å². The lowest BCUT2D eigenvalue weighted by Crippen LogP contribution is -2.28. The summed E-state index contributed by atoms with van der Waals surface area (Å²) in [6.45, 7) is 9.25. The number of carbonyl (C=O) groups is 1. The standard InChI is InChI=1S/C22H30F3N3O4S/c1-6-7-14(2)32-18-11-16(20(26)29)9-8-15(18)10-17-12-28(27-19(17)21(3,4)5)33(30,31)13-22(23,24)25/h8-9,11-12,14H,6-7,10,13H2,1-5H3,(H2,26,29). The SMILES string of the molecule is CCCC(C)Oc1cc(C(N)=O)ccc1Cc1cn(S(=O)(=O)CC(F)(F)F)nc1C(C)(C)C. The Balaban J connectivity index is 2.55. The molecule has 2 rings (SSSR count). The molecule has 2 N–H and O–H groups in total. The van der Waals surface area contributed by atoms with E-state index in [9.17, 15) is 26.4 Å². The highest BCUT2D eigenvalue weighted by Crippen LogP contribution is 2.31. The molecule has 0 saturated heterocycles. The molecule has 1 aromatic carbocycles. The van der Waals surface area contributed by atoms with Gasteiger partial charge in [-0.05, 0) is 36.6 Å². The van der Waals surface area contributed by atoms with Crippen molar-refractivity contribution in [1.82, 2.24) is 9.19 Å². The fourth-order valence-electron chi connectivity index (χ4n) is 3.41. The van der Waals surface area contributed by atoms with Crippen LogP contribution in [0.25, 0.3) is 0 Å². The number of halogens is 3. The van der Waals surface area contributed by atoms with Gasteiger partial charge in [-0.2, -0.15) is 22.4 Å². The molecule has 0 saturated carbocycles. The first-order valence-electron chi connectivity index (χ1n) is 10.5. The number of carbonyl (C=O) groups excluding carboxylic acids is 1. The summed E-state index contributed by atoms with van der Waals surface area (Å²) in [7, 11) is -4.74. The van der Waals surface area contributed by atoms with Crippen molar-refractivity contribution in [2.45, 2.75) is 71.6 Å². The van der Waals surface area contributed by atoms with E-state index >= 15 is 0 Å². The summed E-state index contributed by atoms with van der Waals surface area (Å²) < 4.78 is 69.4. The minimum Gasteiger partial charge on any atom is -0.490 e. The van der Waals surface area contributed by atoms with Gasteiger partial charge in [-0.15, -0.1) is 0 Å². The van der Waals surface area contributed by atoms with Gasteiger partial charge in [0.15, 0.2) is 5.75 Å². The third-order valence-corrected chi connectivity index (χ3v) is 6.32. The van der Waals surface area contributed by atoms with Gasteiger partial charge in [-0.25, -0.2) is 8.42 Å². The van der Waals surface area contributed by atoms with Gasteiger partial charge in [-0.1, -0.05) is 40.2 Å². The number of hydrogen-bond acceptors (Lipinski definition) is 5. The number of benzene rings is 1. The molecule has 1 atom stereocenters. The number of alkyl halides is 3. The molecule has 11 heteroatoms. The lowest BCUT2D eigenvalue weighted by atomic mass is 9.87. The Morgan fingerprint density at radius 3 is 2.36 bits per heavy atom. The van der Waals surface area contributed by atoms with Gasteiger partial charge in [0.05, 0.1) is 11.8 Å². The van der Waals surface area contributed by atoms with Gasteiger partial charge in [0.25, 0.3) is 10.0 Å². The minimum absolute atomic E-state index is 0.140. The first-order valence-corrected chi connectivity index (χ1v) is 12.1. The number of primary amides is 1. The first-order chi connectivity index (χ1) is 15.0. The van der Waals surface area contributed by atoms with Crippen molar-refractivity contribution in [2.75, 3.05) is 5.75 Å². The Kier molecular flexibility index (Phi) is 7.88. The second-order valence-corrected chi connectivity index (χ2v) is 10.9. The Morgan fingerprint density at radius 1 is 1.21 bits per heavy atom. The van der Waals surface area contributed by atoms with Gasteiger partial charge >= 0.3 is 6.18 Å². The molecule has 0 aliphatic heterocycles. The van der Waals surface area contributed by atoms with Crippen LogP contribution in [0, 0.1) is 0 Å². The number of hydrogen-bond donors (Lipinski definition) is 1. The van der Waals surface area contributed by atoms with Gasteiger partial charge in [0, 0.05) is 23.6 Å². The summed E-state index contributed by atoms with van der Waals surface area (Å²) in [5, 5.41) is 4.01. The highest BCUT2D eigenvalue weighted by Gasteiger charge is 2.37. The van der Waals surface area contributed by atoms with E-state index in [1.807, 2.05) is 13.8 Å². The molecule has 0 radical (unpaired) electrons. The van der Waals surface area contributed by atoms with Gasteiger partial charge < -0.3 is 10.5 Å². The molecule has 7 nitrogen and oxygen atoms in total. The summed E-state index contributed by atoms with van der Waals surface area (Å²) in [4.78, 5) is 11.6. The number of aromatic nitrogens is 2. The highest BCUT2D eigenvalue weighted by atomic mass is 32.2. The van der Waals surface area contributed by atoms with Crippen LogP contribution in [0.15, 0.2) is 24.4 Å². The molecule has 0 aliphatic rings. The van der Waals surface area contributed by atoms with Crippen molar-refractivity contribution in [3.8, 4) is 5.75 Å². The van der Waals surface area contributed by atoms with E-state index in [4.69, 9.17) is 10.5 Å². The Morgan fingerprint density at radius 2 is 1.85 bits per heavy atom. The minimum atomic E-state index is -4.89. The number of nitrogens with two attached hydrogens (primary N) is 1. The van der Waals surface area contributed by atoms with Crippen LogP contribution >= 0.6 is 0 Å². The summed E-state index contributed by atoms with van der Waals surface area (Å²) in [5.41, 5.74) is 6.41. The quantitative estimate of drug-likeness (QED) is 0.569. The molecular formula is C22H30F3N3O4S. The second-order valence-electron chi connectivity index (χ2n) is 9.08. The monoisotopic (exact) mass is 489 g/mol. The van der Waals surface area contributed by atoms with Crippen molar-refractivity contribution in [3.63, 3.8) is 0 Å². The lowest BCUT2D eigenvalue weighted by Gasteiger charge is -2.20. The lowest BCUT2D eigenvalue weighted by molar-refractivity contribution is -0.106. The second kappa shape index (κ2) is 9.74. The number of nitrogens with zero attached hydrogens (tertiary/aromatic N) is 2. The molecule has 1 unspecified atom stereocenters. The zero-order valence-electron chi connectivity index (χ0n) is 19.4. The van der Waals surface area contributed by atoms with Gasteiger partial charge in [0.2, 0.25) is 5.91 Å². The molecule has 184 valence electrons. The molecule has 2 aromatic rings. The van der Waals surface area contributed by atoms with Crippen LogP contribution in [-0.4, -0.2) is 41.5 Å². The van der Waals surface area contributed by atoms with Crippen LogP contribution in [-0.2, 0) is 21.9 Å². The van der Waals surface area contributed by atoms with E-state index in [1.165, 1.54) is 12.1 Å². The smallest absolute Gasteiger partial charge is 0.404 e. The Bertz CT molecular complexity index is 1100. The molecule has 33 heavy (non-hydrogen) atoms. The van der Waals surface area contributed by atoms with Crippen LogP contribution in [0.5, 0.6) is 5.75 Å². The summed E-state index contributed by atoms with van der Waals surface area (Å²) in [5.74, 6) is -2.24. The van der Waals surface area contributed by atoms with Crippen LogP contribution in [0.2, 0.25) is 0 Å². The first kappa shape index (κ1) is 26.7. The van der Waals surface area contributed by atoms with Crippen LogP contribution in [0.4, 0.5) is 13.2 Å². The van der Waals surface area contributed by atoms with E-state index in [-0.39, 0.29) is 18.1 Å². The number of ether oxygens (including phenoxy) is 1. The predicted octanol–water partition coefficient (Wildman–Crippen LogP) is 4.18. The van der Waals surface area contributed by atoms with Crippen molar-refractivity contribution < 1.29 is 31.1 Å². The van der Waals surface area contributed by atoms with Crippen molar-refractivity contribution in [1.29, 1.82) is 0 Å². The van der Waals surface area contributed by atoms with Crippen molar-refractivity contribution in [2.24, 2.45) is 5.73 Å². The van der Waals surface area contributed by atoms with E-state index in [2.05, 4.69) is 5.10 Å². The van der Waals surface area contributed by atoms with Crippen LogP contribution < -0.4 is 10.5 Å². The fraction of sp³-hybridized carbons (Fsp3) is 0.545. The van der Waals surface area contributed by atoms with E-state index in [0.29, 0.717) is 26.7 Å². The molecule has 1 aromatic heterocycles. The topological polar surface area (TPSA) is 104 Å². The number of amides is 1. The normalized spacial score (nSPS) is 13.7. The molecule has 0 aliphatic carbocycles. The zero-order chi connectivity index (χ0) is 25.2. The summed E-state index contributed by atoms with van der Waals surface area (Å²) in [6.07, 6.45) is -2.16. The maximum absolute atomic E-state index is 12.8. The van der Waals surface area contributed by atoms with Crippen molar-refractivity contribution >= 4 is 15.9 Å². The molecule has 0 spiro atoms. The molecule has 1 amide bonds. The van der Waals surface area contributed by atoms with E-state index in [1.54, 1.807) is 26.8 Å². The summed E-state index contributed by atoms with van der Waals surface area (Å²) >= 11 is 0. The summed E-state index contributed by atoms with van der Waals surface area (Å²) in [6, 6.07) is 4.68. The zero-order valence-corrected chi connectivity index (χ0v) is 20.2. The third-order valence-electron chi connectivity index (χ3n) is 4.87. The highest BCUT2D eigenvalue weighted by molar-refractivity contribution is 7.89. The predicted molar refractivity (Wildman–Crippen MR) is 119 cm³/mol. The average Bonchev–Trinajstić information content (AvgIpc) is 3.06. The van der Waals surface area contributed by atoms with Crippen LogP contribution in [0.1, 0.15) is 74.6 Å². The average molecular weight is 490 g/mol. The molecule has 1 heterocycles. The van der Waals surface area contributed by atoms with E-state index < -0.39 is 33.3 Å². The van der Waals surface area contributed by atoms with Crippen LogP contribution in [0.3, 0.4) is 0 Å². The Hall–Kier alpha value is -2.56. The fourth-order valence-corrected chi connectivity index (χ4v) is 4.45. The Labute approximate surface area is 192 Å². The maximum Gasteiger partial charge on any atom is 0.404 e. The maximum atomic E-state index is 12.8. The number of rotatable bonds is 9. The van der Waals surface area contributed by atoms with Gasteiger partial charge in [-0.3, -0.25) is 4.79 Å². The largest absolute Gasteiger partial charge is 0.490 e.